The number of benzene rings is 1. The molecule has 10 heteroatoms. The molecule has 1 fully saturated rings. The molecule has 0 radical (unpaired) electrons. The number of nitrogens with two attached hydrogens (primary N) is 2. The first-order valence-electron chi connectivity index (χ1n) is 11.1. The smallest absolute Gasteiger partial charge is 0.252 e. The Labute approximate surface area is 195 Å². The summed E-state index contributed by atoms with van der Waals surface area (Å²) in [6.45, 7) is 0.187. The molecule has 2 aliphatic rings. The van der Waals surface area contributed by atoms with Crippen LogP contribution >= 0.6 is 0 Å². The van der Waals surface area contributed by atoms with E-state index in [1.807, 2.05) is 24.3 Å². The minimum atomic E-state index is -0.797. The van der Waals surface area contributed by atoms with Gasteiger partial charge in [0.05, 0.1) is 17.4 Å². The number of amides is 1. The van der Waals surface area contributed by atoms with Gasteiger partial charge < -0.3 is 31.6 Å². The highest BCUT2D eigenvalue weighted by Crippen LogP contribution is 2.36. The summed E-state index contributed by atoms with van der Waals surface area (Å²) in [5.74, 6) is 0.0354. The van der Waals surface area contributed by atoms with Gasteiger partial charge in [0.15, 0.2) is 23.1 Å². The molecular weight excluding hydrogens is 439 g/mol. The first-order chi connectivity index (χ1) is 16.5. The normalized spacial score (nSPS) is 19.0. The Morgan fingerprint density at radius 2 is 1.85 bits per heavy atom. The van der Waals surface area contributed by atoms with Crippen molar-refractivity contribution in [3.63, 3.8) is 0 Å². The van der Waals surface area contributed by atoms with Crippen LogP contribution in [0.1, 0.15) is 36.0 Å². The van der Waals surface area contributed by atoms with Crippen LogP contribution in [0, 0.1) is 5.82 Å². The van der Waals surface area contributed by atoms with Crippen LogP contribution in [0.3, 0.4) is 0 Å². The van der Waals surface area contributed by atoms with E-state index in [-0.39, 0.29) is 36.1 Å². The van der Waals surface area contributed by atoms with Crippen LogP contribution in [0.4, 0.5) is 21.7 Å². The van der Waals surface area contributed by atoms with Gasteiger partial charge in [-0.15, -0.1) is 0 Å². The third kappa shape index (κ3) is 4.44. The lowest BCUT2D eigenvalue weighted by Gasteiger charge is -2.30. The topological polar surface area (TPSA) is 137 Å². The number of anilines is 3. The van der Waals surface area contributed by atoms with E-state index in [0.29, 0.717) is 17.2 Å². The molecule has 1 aromatic carbocycles. The minimum Gasteiger partial charge on any atom is -0.454 e. The largest absolute Gasteiger partial charge is 0.454 e. The maximum atomic E-state index is 14.8. The molecule has 1 unspecified atom stereocenters. The fourth-order valence-electron chi connectivity index (χ4n) is 4.27. The van der Waals surface area contributed by atoms with Gasteiger partial charge >= 0.3 is 0 Å². The van der Waals surface area contributed by atoms with Gasteiger partial charge in [0.25, 0.3) is 5.91 Å². The van der Waals surface area contributed by atoms with Crippen molar-refractivity contribution in [1.29, 1.82) is 0 Å². The monoisotopic (exact) mass is 464 g/mol. The van der Waals surface area contributed by atoms with E-state index in [1.165, 1.54) is 0 Å². The maximum absolute atomic E-state index is 14.8. The summed E-state index contributed by atoms with van der Waals surface area (Å²) in [7, 11) is 0. The molecule has 176 valence electrons. The standard InChI is InChI=1S/C24H25FN6O3/c25-17-9-16(22(27)32)23(31-24(17)30-19-4-2-1-3-18(19)26)29-15-7-14(10-28-11-15)13-5-6-20-21(8-13)34-12-33-20/h5-11,18-19H,1-4,12,26H2,(H2,27,32)(H2,29,30,31)/t18-,19?/m0/s1. The lowest BCUT2D eigenvalue weighted by Crippen LogP contribution is -2.43. The van der Waals surface area contributed by atoms with Gasteiger partial charge in [-0.1, -0.05) is 18.9 Å². The van der Waals surface area contributed by atoms with Crippen LogP contribution in [0.5, 0.6) is 11.5 Å². The van der Waals surface area contributed by atoms with Crippen molar-refractivity contribution in [3.05, 3.63) is 54.1 Å². The number of hydrogen-bond donors (Lipinski definition) is 4. The van der Waals surface area contributed by atoms with Gasteiger partial charge in [-0.2, -0.15) is 0 Å². The van der Waals surface area contributed by atoms with E-state index in [2.05, 4.69) is 20.6 Å². The number of hydrogen-bond acceptors (Lipinski definition) is 8. The molecule has 1 aliphatic heterocycles. The van der Waals surface area contributed by atoms with Crippen molar-refractivity contribution >= 4 is 23.2 Å². The third-order valence-corrected chi connectivity index (χ3v) is 6.09. The van der Waals surface area contributed by atoms with E-state index in [1.54, 1.807) is 12.4 Å². The highest BCUT2D eigenvalue weighted by molar-refractivity contribution is 5.98. The number of fused-ring (bicyclic) bond motifs is 1. The zero-order valence-corrected chi connectivity index (χ0v) is 18.4. The van der Waals surface area contributed by atoms with Crippen molar-refractivity contribution < 1.29 is 18.7 Å². The van der Waals surface area contributed by atoms with E-state index >= 15 is 0 Å². The lowest BCUT2D eigenvalue weighted by atomic mass is 9.91. The second-order valence-electron chi connectivity index (χ2n) is 8.43. The van der Waals surface area contributed by atoms with Crippen LogP contribution in [0.25, 0.3) is 11.1 Å². The number of rotatable bonds is 6. The summed E-state index contributed by atoms with van der Waals surface area (Å²) < 4.78 is 25.6. The van der Waals surface area contributed by atoms with Crippen LogP contribution in [-0.2, 0) is 0 Å². The summed E-state index contributed by atoms with van der Waals surface area (Å²) >= 11 is 0. The highest BCUT2D eigenvalue weighted by Gasteiger charge is 2.24. The number of aromatic nitrogens is 2. The number of carbonyl (C=O) groups is 1. The van der Waals surface area contributed by atoms with Crippen LogP contribution in [0.15, 0.2) is 42.7 Å². The van der Waals surface area contributed by atoms with Crippen molar-refractivity contribution in [1.82, 2.24) is 9.97 Å². The lowest BCUT2D eigenvalue weighted by molar-refractivity contribution is 0.100. The van der Waals surface area contributed by atoms with Gasteiger partial charge in [-0.3, -0.25) is 9.78 Å². The van der Waals surface area contributed by atoms with Crippen molar-refractivity contribution in [3.8, 4) is 22.6 Å². The second-order valence-corrected chi connectivity index (χ2v) is 8.43. The van der Waals surface area contributed by atoms with Crippen molar-refractivity contribution in [2.24, 2.45) is 11.5 Å². The zero-order chi connectivity index (χ0) is 23.7. The summed E-state index contributed by atoms with van der Waals surface area (Å²) in [5.41, 5.74) is 13.9. The van der Waals surface area contributed by atoms with E-state index < -0.39 is 11.7 Å². The molecule has 9 nitrogen and oxygen atoms in total. The van der Waals surface area contributed by atoms with E-state index in [9.17, 15) is 9.18 Å². The average Bonchev–Trinajstić information content (AvgIpc) is 3.30. The quantitative estimate of drug-likeness (QED) is 0.435. The van der Waals surface area contributed by atoms with Gasteiger partial charge in [0.1, 0.15) is 5.82 Å². The Bertz CT molecular complexity index is 1240. The molecule has 2 atom stereocenters. The van der Waals surface area contributed by atoms with Crippen molar-refractivity contribution in [2.45, 2.75) is 37.8 Å². The van der Waals surface area contributed by atoms with Crippen LogP contribution < -0.4 is 31.6 Å². The Balaban J connectivity index is 1.44. The number of carbonyl (C=O) groups excluding carboxylic acids is 1. The Morgan fingerprint density at radius 3 is 2.68 bits per heavy atom. The molecule has 6 N–H and O–H groups in total. The van der Waals surface area contributed by atoms with Gasteiger partial charge in [0.2, 0.25) is 6.79 Å². The van der Waals surface area contributed by atoms with Gasteiger partial charge in [-0.05, 0) is 42.7 Å². The molecular formula is C24H25FN6O3. The number of nitrogens with one attached hydrogen (secondary N) is 2. The summed E-state index contributed by atoms with van der Waals surface area (Å²) in [4.78, 5) is 20.6. The van der Waals surface area contributed by atoms with Crippen LogP contribution in [-0.4, -0.2) is 34.8 Å². The first-order valence-corrected chi connectivity index (χ1v) is 11.1. The van der Waals surface area contributed by atoms with Crippen LogP contribution in [0.2, 0.25) is 0 Å². The molecule has 34 heavy (non-hydrogen) atoms. The second kappa shape index (κ2) is 9.14. The summed E-state index contributed by atoms with van der Waals surface area (Å²) in [6.07, 6.45) is 7.03. The van der Waals surface area contributed by atoms with Crippen molar-refractivity contribution in [2.75, 3.05) is 17.4 Å². The SMILES string of the molecule is NC(=O)c1cc(F)c(NC2CCCC[C@@H]2N)nc1Nc1cncc(-c2ccc3c(c2)OCO3)c1. The van der Waals surface area contributed by atoms with E-state index in [4.69, 9.17) is 20.9 Å². The molecule has 3 aromatic rings. The first kappa shape index (κ1) is 21.9. The molecule has 1 aliphatic carbocycles. The fraction of sp³-hybridized carbons (Fsp3) is 0.292. The Morgan fingerprint density at radius 1 is 1.03 bits per heavy atom. The molecule has 2 aromatic heterocycles. The molecule has 1 saturated carbocycles. The molecule has 0 bridgehead atoms. The Hall–Kier alpha value is -3.92. The molecule has 3 heterocycles. The predicted molar refractivity (Wildman–Crippen MR) is 126 cm³/mol. The summed E-state index contributed by atoms with van der Waals surface area (Å²) in [5, 5.41) is 6.17. The summed E-state index contributed by atoms with van der Waals surface area (Å²) in [6, 6.07) is 8.33. The highest BCUT2D eigenvalue weighted by atomic mass is 19.1. The zero-order valence-electron chi connectivity index (χ0n) is 18.4. The van der Waals surface area contributed by atoms with E-state index in [0.717, 1.165) is 42.9 Å². The van der Waals surface area contributed by atoms with Gasteiger partial charge in [0, 0.05) is 23.8 Å². The molecule has 5 rings (SSSR count). The number of nitrogens with zero attached hydrogens (tertiary/aromatic N) is 2. The average molecular weight is 465 g/mol. The third-order valence-electron chi connectivity index (χ3n) is 6.09. The predicted octanol–water partition coefficient (Wildman–Crippen LogP) is 3.54. The number of ether oxygens (including phenoxy) is 2. The fourth-order valence-corrected chi connectivity index (χ4v) is 4.27. The number of pyridine rings is 2. The van der Waals surface area contributed by atoms with Gasteiger partial charge in [-0.25, -0.2) is 9.37 Å². The number of halogens is 1. The molecule has 1 amide bonds. The number of primary amides is 1. The maximum Gasteiger partial charge on any atom is 0.252 e. The minimum absolute atomic E-state index is 0.0229. The molecule has 0 spiro atoms. The Kier molecular flexibility index (Phi) is 5.89. The molecule has 0 saturated heterocycles.